The molecule has 0 fully saturated rings. The minimum atomic E-state index is -0.346. The largest absolute Gasteiger partial charge is 0.492 e. The van der Waals surface area contributed by atoms with Crippen LogP contribution in [-0.2, 0) is 6.54 Å². The van der Waals surface area contributed by atoms with E-state index in [0.717, 1.165) is 18.7 Å². The van der Waals surface area contributed by atoms with E-state index in [1.54, 1.807) is 6.92 Å². The lowest BCUT2D eigenvalue weighted by Gasteiger charge is -2.10. The van der Waals surface area contributed by atoms with Gasteiger partial charge < -0.3 is 15.2 Å². The molecule has 4 heteroatoms. The molecule has 0 aliphatic rings. The van der Waals surface area contributed by atoms with Crippen molar-refractivity contribution in [2.24, 2.45) is 0 Å². The zero-order valence-electron chi connectivity index (χ0n) is 10.4. The van der Waals surface area contributed by atoms with Crippen LogP contribution in [0.5, 0.6) is 5.75 Å². The van der Waals surface area contributed by atoms with Gasteiger partial charge in [0.25, 0.3) is 0 Å². The third-order valence-electron chi connectivity index (χ3n) is 2.37. The molecule has 1 atom stereocenters. The topological polar surface area (TPSA) is 41.5 Å². The van der Waals surface area contributed by atoms with E-state index in [9.17, 15) is 0 Å². The van der Waals surface area contributed by atoms with E-state index in [-0.39, 0.29) is 6.10 Å². The fraction of sp³-hybridized carbons (Fsp3) is 0.538. The van der Waals surface area contributed by atoms with Crippen LogP contribution in [0.1, 0.15) is 25.8 Å². The Labute approximate surface area is 108 Å². The number of halogens is 1. The summed E-state index contributed by atoms with van der Waals surface area (Å²) in [5, 5.41) is 13.0. The Morgan fingerprint density at radius 2 is 2.24 bits per heavy atom. The number of aliphatic hydroxyl groups is 1. The van der Waals surface area contributed by atoms with Gasteiger partial charge in [-0.25, -0.2) is 0 Å². The molecule has 17 heavy (non-hydrogen) atoms. The molecule has 2 N–H and O–H groups in total. The maximum atomic E-state index is 9.12. The first-order valence-electron chi connectivity index (χ1n) is 5.93. The smallest absolute Gasteiger partial charge is 0.137 e. The minimum absolute atomic E-state index is 0.346. The molecular weight excluding hydrogens is 238 g/mol. The molecule has 0 aromatic heterocycles. The van der Waals surface area contributed by atoms with E-state index < -0.39 is 0 Å². The maximum absolute atomic E-state index is 9.12. The summed E-state index contributed by atoms with van der Waals surface area (Å²) >= 11 is 6.11. The molecule has 0 amide bonds. The number of hydrogen-bond acceptors (Lipinski definition) is 3. The van der Waals surface area contributed by atoms with Crippen LogP contribution in [0.15, 0.2) is 18.2 Å². The molecule has 0 heterocycles. The van der Waals surface area contributed by atoms with Gasteiger partial charge in [0.2, 0.25) is 0 Å². The summed E-state index contributed by atoms with van der Waals surface area (Å²) in [5.74, 6) is 0.674. The second kappa shape index (κ2) is 7.54. The van der Waals surface area contributed by atoms with Gasteiger partial charge in [0.05, 0.1) is 17.7 Å². The SMILES string of the molecule is CCNCc1ccc(OCCC(C)O)c(Cl)c1. The van der Waals surface area contributed by atoms with Crippen molar-refractivity contribution in [2.45, 2.75) is 32.9 Å². The van der Waals surface area contributed by atoms with Crippen LogP contribution in [0.2, 0.25) is 5.02 Å². The van der Waals surface area contributed by atoms with E-state index in [1.807, 2.05) is 18.2 Å². The summed E-state index contributed by atoms with van der Waals surface area (Å²) < 4.78 is 5.49. The van der Waals surface area contributed by atoms with Crippen LogP contribution in [0.4, 0.5) is 0 Å². The highest BCUT2D eigenvalue weighted by molar-refractivity contribution is 6.32. The Balaban J connectivity index is 2.50. The molecule has 0 radical (unpaired) electrons. The molecule has 96 valence electrons. The monoisotopic (exact) mass is 257 g/mol. The van der Waals surface area contributed by atoms with Crippen LogP contribution in [0.3, 0.4) is 0 Å². The molecule has 0 aliphatic heterocycles. The lowest BCUT2D eigenvalue weighted by Crippen LogP contribution is -2.11. The first-order valence-corrected chi connectivity index (χ1v) is 6.31. The molecule has 1 aromatic carbocycles. The molecular formula is C13H20ClNO2. The van der Waals surface area contributed by atoms with Crippen molar-refractivity contribution in [1.29, 1.82) is 0 Å². The average molecular weight is 258 g/mol. The molecule has 0 spiro atoms. The number of hydrogen-bond donors (Lipinski definition) is 2. The summed E-state index contributed by atoms with van der Waals surface area (Å²) in [6.07, 6.45) is 0.261. The van der Waals surface area contributed by atoms with Gasteiger partial charge >= 0.3 is 0 Å². The highest BCUT2D eigenvalue weighted by atomic mass is 35.5. The molecule has 0 bridgehead atoms. The van der Waals surface area contributed by atoms with Crippen LogP contribution in [-0.4, -0.2) is 24.4 Å². The predicted molar refractivity (Wildman–Crippen MR) is 70.6 cm³/mol. The third-order valence-corrected chi connectivity index (χ3v) is 2.66. The van der Waals surface area contributed by atoms with Gasteiger partial charge in [-0.15, -0.1) is 0 Å². The Hall–Kier alpha value is -0.770. The van der Waals surface area contributed by atoms with Crippen LogP contribution < -0.4 is 10.1 Å². The van der Waals surface area contributed by atoms with Gasteiger partial charge in [0.1, 0.15) is 5.75 Å². The number of benzene rings is 1. The zero-order chi connectivity index (χ0) is 12.7. The highest BCUT2D eigenvalue weighted by Gasteiger charge is 2.04. The van der Waals surface area contributed by atoms with Crippen LogP contribution >= 0.6 is 11.6 Å². The van der Waals surface area contributed by atoms with Crippen molar-refractivity contribution in [3.05, 3.63) is 28.8 Å². The normalized spacial score (nSPS) is 12.5. The number of rotatable bonds is 7. The quantitative estimate of drug-likeness (QED) is 0.789. The molecule has 1 aromatic rings. The Morgan fingerprint density at radius 3 is 2.82 bits per heavy atom. The van der Waals surface area contributed by atoms with E-state index in [2.05, 4.69) is 12.2 Å². The van der Waals surface area contributed by atoms with Gasteiger partial charge in [-0.3, -0.25) is 0 Å². The summed E-state index contributed by atoms with van der Waals surface area (Å²) in [6, 6.07) is 5.77. The van der Waals surface area contributed by atoms with Crippen molar-refractivity contribution >= 4 is 11.6 Å². The third kappa shape index (κ3) is 5.39. The summed E-state index contributed by atoms with van der Waals surface area (Å²) in [5.41, 5.74) is 1.14. The molecule has 1 rings (SSSR count). The molecule has 3 nitrogen and oxygen atoms in total. The van der Waals surface area contributed by atoms with E-state index in [0.29, 0.717) is 23.8 Å². The van der Waals surface area contributed by atoms with E-state index in [4.69, 9.17) is 21.4 Å². The van der Waals surface area contributed by atoms with Crippen molar-refractivity contribution in [3.63, 3.8) is 0 Å². The number of ether oxygens (including phenoxy) is 1. The zero-order valence-corrected chi connectivity index (χ0v) is 11.1. The van der Waals surface area contributed by atoms with Crippen LogP contribution in [0, 0.1) is 0 Å². The second-order valence-electron chi connectivity index (χ2n) is 4.03. The molecule has 0 aliphatic carbocycles. The maximum Gasteiger partial charge on any atom is 0.137 e. The first-order chi connectivity index (χ1) is 8.13. The summed E-state index contributed by atoms with van der Waals surface area (Å²) in [6.45, 7) is 6.03. The number of nitrogens with one attached hydrogen (secondary N) is 1. The highest BCUT2D eigenvalue weighted by Crippen LogP contribution is 2.25. The molecule has 0 saturated heterocycles. The Bertz CT molecular complexity index is 342. The van der Waals surface area contributed by atoms with Gasteiger partial charge in [0.15, 0.2) is 0 Å². The lowest BCUT2D eigenvalue weighted by molar-refractivity contribution is 0.155. The predicted octanol–water partition coefficient (Wildman–Crippen LogP) is 2.60. The minimum Gasteiger partial charge on any atom is -0.492 e. The standard InChI is InChI=1S/C13H20ClNO2/c1-3-15-9-11-4-5-13(12(14)8-11)17-7-6-10(2)16/h4-5,8,10,15-16H,3,6-7,9H2,1-2H3. The van der Waals surface area contributed by atoms with Crippen molar-refractivity contribution in [1.82, 2.24) is 5.32 Å². The average Bonchev–Trinajstić information content (AvgIpc) is 2.28. The van der Waals surface area contributed by atoms with Gasteiger partial charge in [-0.05, 0) is 31.2 Å². The van der Waals surface area contributed by atoms with Crippen molar-refractivity contribution in [3.8, 4) is 5.75 Å². The lowest BCUT2D eigenvalue weighted by atomic mass is 10.2. The second-order valence-corrected chi connectivity index (χ2v) is 4.44. The Kier molecular flexibility index (Phi) is 6.34. The molecule has 1 unspecified atom stereocenters. The van der Waals surface area contributed by atoms with Gasteiger partial charge in [0, 0.05) is 13.0 Å². The first kappa shape index (κ1) is 14.3. The van der Waals surface area contributed by atoms with Crippen molar-refractivity contribution < 1.29 is 9.84 Å². The number of aliphatic hydroxyl groups excluding tert-OH is 1. The fourth-order valence-corrected chi connectivity index (χ4v) is 1.64. The van der Waals surface area contributed by atoms with Gasteiger partial charge in [-0.1, -0.05) is 24.6 Å². The summed E-state index contributed by atoms with van der Waals surface area (Å²) in [7, 11) is 0. The Morgan fingerprint density at radius 1 is 1.47 bits per heavy atom. The van der Waals surface area contributed by atoms with E-state index >= 15 is 0 Å². The van der Waals surface area contributed by atoms with E-state index in [1.165, 1.54) is 0 Å². The van der Waals surface area contributed by atoms with Gasteiger partial charge in [-0.2, -0.15) is 0 Å². The fourth-order valence-electron chi connectivity index (χ4n) is 1.38. The summed E-state index contributed by atoms with van der Waals surface area (Å²) in [4.78, 5) is 0. The molecule has 0 saturated carbocycles. The van der Waals surface area contributed by atoms with Crippen molar-refractivity contribution in [2.75, 3.05) is 13.2 Å². The van der Waals surface area contributed by atoms with Crippen LogP contribution in [0.25, 0.3) is 0 Å².